The number of hydrogen-bond acceptors (Lipinski definition) is 5. The molecule has 27 heavy (non-hydrogen) atoms. The Hall–Kier alpha value is -2.33. The standard InChI is InChI=1S/C17H22FN5O3S/c1-13-19-6-8-21(13)9-10-23(27(2,25)26)15-5-7-22(12-15)17(24)16-4-3-14(18)11-20-16/h3-4,6,8,11,15H,5,7,9-10,12H2,1-2H3. The zero-order chi connectivity index (χ0) is 19.6. The Morgan fingerprint density at radius 1 is 1.37 bits per heavy atom. The first-order valence-electron chi connectivity index (χ1n) is 8.61. The quantitative estimate of drug-likeness (QED) is 0.725. The summed E-state index contributed by atoms with van der Waals surface area (Å²) < 4.78 is 40.9. The molecule has 146 valence electrons. The number of halogens is 1. The summed E-state index contributed by atoms with van der Waals surface area (Å²) in [6.07, 6.45) is 6.20. The predicted molar refractivity (Wildman–Crippen MR) is 97.0 cm³/mol. The van der Waals surface area contributed by atoms with Crippen molar-refractivity contribution in [2.24, 2.45) is 0 Å². The highest BCUT2D eigenvalue weighted by Crippen LogP contribution is 2.20. The number of hydrogen-bond donors (Lipinski definition) is 0. The molecule has 10 heteroatoms. The molecule has 0 N–H and O–H groups in total. The first-order chi connectivity index (χ1) is 12.8. The van der Waals surface area contributed by atoms with Crippen LogP contribution in [0.15, 0.2) is 30.7 Å². The monoisotopic (exact) mass is 395 g/mol. The van der Waals surface area contributed by atoms with Crippen molar-refractivity contribution in [1.29, 1.82) is 0 Å². The van der Waals surface area contributed by atoms with Gasteiger partial charge in [-0.3, -0.25) is 4.79 Å². The lowest BCUT2D eigenvalue weighted by Crippen LogP contribution is -2.43. The maximum atomic E-state index is 13.0. The highest BCUT2D eigenvalue weighted by molar-refractivity contribution is 7.88. The van der Waals surface area contributed by atoms with Gasteiger partial charge in [0.15, 0.2) is 0 Å². The van der Waals surface area contributed by atoms with Crippen LogP contribution in [0.25, 0.3) is 0 Å². The van der Waals surface area contributed by atoms with Gasteiger partial charge in [0.2, 0.25) is 10.0 Å². The molecule has 0 saturated carbocycles. The fraction of sp³-hybridized carbons (Fsp3) is 0.471. The van der Waals surface area contributed by atoms with Crippen LogP contribution in [0, 0.1) is 12.7 Å². The summed E-state index contributed by atoms with van der Waals surface area (Å²) in [5.74, 6) is -0.0191. The number of sulfonamides is 1. The zero-order valence-corrected chi connectivity index (χ0v) is 16.1. The van der Waals surface area contributed by atoms with Gasteiger partial charge in [-0.2, -0.15) is 4.31 Å². The third kappa shape index (κ3) is 4.51. The minimum atomic E-state index is -3.44. The van der Waals surface area contributed by atoms with E-state index in [9.17, 15) is 17.6 Å². The smallest absolute Gasteiger partial charge is 0.272 e. The largest absolute Gasteiger partial charge is 0.336 e. The number of imidazole rings is 1. The van der Waals surface area contributed by atoms with Crippen LogP contribution in [-0.2, 0) is 16.6 Å². The molecular weight excluding hydrogens is 373 g/mol. The SMILES string of the molecule is Cc1nccn1CCN(C1CCN(C(=O)c2ccc(F)cn2)C1)S(C)(=O)=O. The van der Waals surface area contributed by atoms with E-state index in [-0.39, 0.29) is 24.2 Å². The molecule has 3 heterocycles. The molecule has 0 aliphatic carbocycles. The minimum absolute atomic E-state index is 0.150. The number of aryl methyl sites for hydroxylation is 1. The topological polar surface area (TPSA) is 88.4 Å². The van der Waals surface area contributed by atoms with Gasteiger partial charge in [0.1, 0.15) is 17.3 Å². The van der Waals surface area contributed by atoms with Crippen LogP contribution in [0.1, 0.15) is 22.7 Å². The molecule has 1 unspecified atom stereocenters. The minimum Gasteiger partial charge on any atom is -0.336 e. The van der Waals surface area contributed by atoms with E-state index in [4.69, 9.17) is 0 Å². The van der Waals surface area contributed by atoms with Crippen LogP contribution in [0.5, 0.6) is 0 Å². The maximum Gasteiger partial charge on any atom is 0.272 e. The molecule has 1 atom stereocenters. The average Bonchev–Trinajstić information content (AvgIpc) is 3.24. The predicted octanol–water partition coefficient (Wildman–Crippen LogP) is 0.902. The fourth-order valence-corrected chi connectivity index (χ4v) is 4.42. The normalized spacial score (nSPS) is 17.6. The van der Waals surface area contributed by atoms with Crippen LogP contribution < -0.4 is 0 Å². The molecule has 0 spiro atoms. The van der Waals surface area contributed by atoms with Crippen molar-refractivity contribution in [2.75, 3.05) is 25.9 Å². The van der Waals surface area contributed by atoms with Crippen molar-refractivity contribution in [3.63, 3.8) is 0 Å². The molecule has 2 aromatic rings. The second kappa shape index (κ2) is 7.73. The van der Waals surface area contributed by atoms with Gasteiger partial charge in [0.05, 0.1) is 12.5 Å². The van der Waals surface area contributed by atoms with Crippen molar-refractivity contribution >= 4 is 15.9 Å². The number of aromatic nitrogens is 3. The lowest BCUT2D eigenvalue weighted by molar-refractivity contribution is 0.0778. The summed E-state index contributed by atoms with van der Waals surface area (Å²) in [4.78, 5) is 22.0. The molecule has 0 radical (unpaired) electrons. The van der Waals surface area contributed by atoms with Crippen LogP contribution in [-0.4, -0.2) is 70.0 Å². The maximum absolute atomic E-state index is 13.0. The van der Waals surface area contributed by atoms with Gasteiger partial charge in [0, 0.05) is 44.6 Å². The Balaban J connectivity index is 1.68. The van der Waals surface area contributed by atoms with Gasteiger partial charge >= 0.3 is 0 Å². The summed E-state index contributed by atoms with van der Waals surface area (Å²) in [6.45, 7) is 3.36. The Morgan fingerprint density at radius 2 is 2.15 bits per heavy atom. The van der Waals surface area contributed by atoms with Crippen molar-refractivity contribution in [3.05, 3.63) is 48.1 Å². The summed E-state index contributed by atoms with van der Waals surface area (Å²) in [5, 5.41) is 0. The number of amides is 1. The van der Waals surface area contributed by atoms with Gasteiger partial charge in [-0.1, -0.05) is 0 Å². The highest BCUT2D eigenvalue weighted by Gasteiger charge is 2.35. The van der Waals surface area contributed by atoms with E-state index in [0.717, 1.165) is 12.0 Å². The van der Waals surface area contributed by atoms with Crippen LogP contribution in [0.4, 0.5) is 4.39 Å². The first-order valence-corrected chi connectivity index (χ1v) is 10.5. The van der Waals surface area contributed by atoms with E-state index in [2.05, 4.69) is 9.97 Å². The van der Waals surface area contributed by atoms with Gasteiger partial charge in [-0.15, -0.1) is 0 Å². The molecular formula is C17H22FN5O3S. The van der Waals surface area contributed by atoms with E-state index in [1.807, 2.05) is 11.5 Å². The number of pyridine rings is 1. The van der Waals surface area contributed by atoms with Crippen molar-refractivity contribution < 1.29 is 17.6 Å². The second-order valence-corrected chi connectivity index (χ2v) is 8.53. The number of likely N-dealkylation sites (tertiary alicyclic amines) is 1. The van der Waals surface area contributed by atoms with Gasteiger partial charge in [-0.25, -0.2) is 22.8 Å². The molecule has 1 aliphatic heterocycles. The van der Waals surface area contributed by atoms with Gasteiger partial charge in [0.25, 0.3) is 5.91 Å². The van der Waals surface area contributed by atoms with Crippen LogP contribution in [0.3, 0.4) is 0 Å². The molecule has 2 aromatic heterocycles. The number of rotatable bonds is 6. The number of nitrogens with zero attached hydrogens (tertiary/aromatic N) is 5. The molecule has 0 bridgehead atoms. The summed E-state index contributed by atoms with van der Waals surface area (Å²) >= 11 is 0. The Labute approximate surface area is 157 Å². The lowest BCUT2D eigenvalue weighted by atomic mass is 10.2. The third-order valence-corrected chi connectivity index (χ3v) is 6.05. The summed E-state index contributed by atoms with van der Waals surface area (Å²) in [6, 6.07) is 2.22. The van der Waals surface area contributed by atoms with Crippen molar-refractivity contribution in [3.8, 4) is 0 Å². The van der Waals surface area contributed by atoms with Crippen molar-refractivity contribution in [1.82, 2.24) is 23.7 Å². The molecule has 8 nitrogen and oxygen atoms in total. The van der Waals surface area contributed by atoms with Crippen molar-refractivity contribution in [2.45, 2.75) is 25.9 Å². The average molecular weight is 395 g/mol. The first kappa shape index (κ1) is 19.4. The Kier molecular flexibility index (Phi) is 5.56. The van der Waals surface area contributed by atoms with E-state index in [1.54, 1.807) is 17.3 Å². The molecule has 1 fully saturated rings. The van der Waals surface area contributed by atoms with Crippen LogP contribution in [0.2, 0.25) is 0 Å². The zero-order valence-electron chi connectivity index (χ0n) is 15.2. The fourth-order valence-electron chi connectivity index (χ4n) is 3.29. The third-order valence-electron chi connectivity index (χ3n) is 4.72. The molecule has 3 rings (SSSR count). The van der Waals surface area contributed by atoms with E-state index < -0.39 is 15.8 Å². The lowest BCUT2D eigenvalue weighted by Gasteiger charge is -2.27. The molecule has 0 aromatic carbocycles. The van der Waals surface area contributed by atoms with Gasteiger partial charge < -0.3 is 9.47 Å². The Morgan fingerprint density at radius 3 is 2.74 bits per heavy atom. The molecule has 1 saturated heterocycles. The van der Waals surface area contributed by atoms with E-state index in [0.29, 0.717) is 26.1 Å². The second-order valence-electron chi connectivity index (χ2n) is 6.60. The highest BCUT2D eigenvalue weighted by atomic mass is 32.2. The Bertz CT molecular complexity index is 913. The molecule has 1 aliphatic rings. The number of carbonyl (C=O) groups is 1. The van der Waals surface area contributed by atoms with E-state index >= 15 is 0 Å². The van der Waals surface area contributed by atoms with Crippen LogP contribution >= 0.6 is 0 Å². The molecule has 1 amide bonds. The summed E-state index contributed by atoms with van der Waals surface area (Å²) in [7, 11) is -3.44. The van der Waals surface area contributed by atoms with Gasteiger partial charge in [-0.05, 0) is 25.5 Å². The van der Waals surface area contributed by atoms with E-state index in [1.165, 1.54) is 22.7 Å². The number of carbonyl (C=O) groups excluding carboxylic acids is 1. The summed E-state index contributed by atoms with van der Waals surface area (Å²) in [5.41, 5.74) is 0.150.